The molecule has 0 spiro atoms. The van der Waals surface area contributed by atoms with E-state index in [1.165, 1.54) is 57.3 Å². The van der Waals surface area contributed by atoms with Crippen molar-refractivity contribution >= 4 is 33.2 Å². The molecule has 0 aliphatic heterocycles. The number of hydrogen-bond acceptors (Lipinski definition) is 1. The van der Waals surface area contributed by atoms with Crippen molar-refractivity contribution in [2.24, 2.45) is 0 Å². The molecular formula is C29H28N2. The maximum absolute atomic E-state index is 2.40. The molecular weight excluding hydrogens is 376 g/mol. The van der Waals surface area contributed by atoms with Crippen LogP contribution in [0.4, 0.5) is 11.4 Å². The van der Waals surface area contributed by atoms with Crippen molar-refractivity contribution in [2.75, 3.05) is 11.9 Å². The van der Waals surface area contributed by atoms with Crippen molar-refractivity contribution in [3.8, 4) is 5.69 Å². The molecule has 2 nitrogen and oxygen atoms in total. The molecule has 0 bridgehead atoms. The summed E-state index contributed by atoms with van der Waals surface area (Å²) in [7, 11) is 2.14. The van der Waals surface area contributed by atoms with E-state index >= 15 is 0 Å². The Balaban J connectivity index is 1.73. The second-order valence-corrected chi connectivity index (χ2v) is 8.22. The molecule has 0 unspecified atom stereocenters. The molecule has 154 valence electrons. The topological polar surface area (TPSA) is 8.17 Å². The Kier molecular flexibility index (Phi) is 5.21. The molecule has 0 saturated carbocycles. The maximum Gasteiger partial charge on any atom is 0.0542 e. The van der Waals surface area contributed by atoms with Crippen LogP contribution in [-0.2, 0) is 6.42 Å². The van der Waals surface area contributed by atoms with Gasteiger partial charge < -0.3 is 9.47 Å². The quantitative estimate of drug-likeness (QED) is 0.279. The molecule has 31 heavy (non-hydrogen) atoms. The summed E-state index contributed by atoms with van der Waals surface area (Å²) >= 11 is 0. The zero-order valence-corrected chi connectivity index (χ0v) is 18.3. The standard InChI is InChI=1S/C29H28N2/c1-3-4-11-22-16-18-28-26(20-22)27-21-25(30(2)23-12-7-5-8-13-23)17-19-29(27)31(28)24-14-9-6-10-15-24/h5-10,12-21H,3-4,11H2,1-2H3. The van der Waals surface area contributed by atoms with Crippen molar-refractivity contribution in [2.45, 2.75) is 26.2 Å². The molecule has 0 aliphatic carbocycles. The summed E-state index contributed by atoms with van der Waals surface area (Å²) in [5.74, 6) is 0. The van der Waals surface area contributed by atoms with Gasteiger partial charge in [0.05, 0.1) is 11.0 Å². The van der Waals surface area contributed by atoms with Crippen molar-refractivity contribution in [3.63, 3.8) is 0 Å². The number of aryl methyl sites for hydroxylation is 1. The van der Waals surface area contributed by atoms with Crippen molar-refractivity contribution in [1.82, 2.24) is 4.57 Å². The molecule has 0 amide bonds. The van der Waals surface area contributed by atoms with Gasteiger partial charge in [0.2, 0.25) is 0 Å². The highest BCUT2D eigenvalue weighted by Crippen LogP contribution is 2.36. The minimum absolute atomic E-state index is 1.13. The summed E-state index contributed by atoms with van der Waals surface area (Å²) < 4.78 is 2.39. The number of nitrogens with zero attached hydrogens (tertiary/aromatic N) is 2. The van der Waals surface area contributed by atoms with E-state index in [1.54, 1.807) is 0 Å². The fourth-order valence-electron chi connectivity index (χ4n) is 4.46. The minimum Gasteiger partial charge on any atom is -0.345 e. The molecule has 0 atom stereocenters. The Morgan fingerprint density at radius 3 is 2.03 bits per heavy atom. The predicted molar refractivity (Wildman–Crippen MR) is 134 cm³/mol. The zero-order chi connectivity index (χ0) is 21.2. The van der Waals surface area contributed by atoms with Crippen molar-refractivity contribution < 1.29 is 0 Å². The summed E-state index contributed by atoms with van der Waals surface area (Å²) in [6.45, 7) is 2.26. The maximum atomic E-state index is 2.40. The van der Waals surface area contributed by atoms with Gasteiger partial charge >= 0.3 is 0 Å². The lowest BCUT2D eigenvalue weighted by molar-refractivity contribution is 0.796. The average Bonchev–Trinajstić information content (AvgIpc) is 3.16. The first-order chi connectivity index (χ1) is 15.3. The first kappa shape index (κ1) is 19.4. The van der Waals surface area contributed by atoms with Gasteiger partial charge in [-0.1, -0.05) is 55.8 Å². The molecule has 0 aliphatic rings. The van der Waals surface area contributed by atoms with Crippen LogP contribution in [0.15, 0.2) is 97.1 Å². The third-order valence-corrected chi connectivity index (χ3v) is 6.18. The normalized spacial score (nSPS) is 11.3. The Labute approximate surface area is 184 Å². The lowest BCUT2D eigenvalue weighted by Crippen LogP contribution is -2.08. The van der Waals surface area contributed by atoms with E-state index in [0.717, 1.165) is 6.42 Å². The fraction of sp³-hybridized carbons (Fsp3) is 0.172. The molecule has 0 saturated heterocycles. The van der Waals surface area contributed by atoms with Crippen LogP contribution < -0.4 is 4.90 Å². The second-order valence-electron chi connectivity index (χ2n) is 8.22. The van der Waals surface area contributed by atoms with Gasteiger partial charge in [-0.25, -0.2) is 0 Å². The fourth-order valence-corrected chi connectivity index (χ4v) is 4.46. The number of unbranched alkanes of at least 4 members (excludes halogenated alkanes) is 1. The molecule has 5 rings (SSSR count). The molecule has 4 aromatic carbocycles. The molecule has 0 radical (unpaired) electrons. The Hall–Kier alpha value is -3.52. The lowest BCUT2D eigenvalue weighted by atomic mass is 10.0. The van der Waals surface area contributed by atoms with E-state index in [9.17, 15) is 0 Å². The van der Waals surface area contributed by atoms with Gasteiger partial charge in [0.15, 0.2) is 0 Å². The number of aromatic nitrogens is 1. The molecule has 2 heteroatoms. The number of para-hydroxylation sites is 2. The number of fused-ring (bicyclic) bond motifs is 3. The van der Waals surface area contributed by atoms with Crippen LogP contribution in [-0.4, -0.2) is 11.6 Å². The summed E-state index contributed by atoms with van der Waals surface area (Å²) in [6.07, 6.45) is 3.58. The second kappa shape index (κ2) is 8.31. The van der Waals surface area contributed by atoms with Crippen LogP contribution in [0.5, 0.6) is 0 Å². The monoisotopic (exact) mass is 404 g/mol. The Morgan fingerprint density at radius 1 is 0.677 bits per heavy atom. The number of anilines is 2. The van der Waals surface area contributed by atoms with E-state index < -0.39 is 0 Å². The van der Waals surface area contributed by atoms with Gasteiger partial charge in [0, 0.05) is 34.9 Å². The highest BCUT2D eigenvalue weighted by molar-refractivity contribution is 6.10. The van der Waals surface area contributed by atoms with Gasteiger partial charge in [0.1, 0.15) is 0 Å². The van der Waals surface area contributed by atoms with Gasteiger partial charge in [-0.2, -0.15) is 0 Å². The molecule has 0 N–H and O–H groups in total. The Morgan fingerprint density at radius 2 is 1.32 bits per heavy atom. The van der Waals surface area contributed by atoms with Gasteiger partial charge in [-0.05, 0) is 73.0 Å². The molecule has 5 aromatic rings. The smallest absolute Gasteiger partial charge is 0.0542 e. The predicted octanol–water partition coefficient (Wildman–Crippen LogP) is 7.89. The summed E-state index contributed by atoms with van der Waals surface area (Å²) in [6, 6.07) is 35.1. The van der Waals surface area contributed by atoms with Gasteiger partial charge in [-0.3, -0.25) is 0 Å². The van der Waals surface area contributed by atoms with Crippen molar-refractivity contribution in [3.05, 3.63) is 103 Å². The van der Waals surface area contributed by atoms with E-state index in [4.69, 9.17) is 0 Å². The van der Waals surface area contributed by atoms with E-state index in [0.29, 0.717) is 0 Å². The van der Waals surface area contributed by atoms with Crippen molar-refractivity contribution in [1.29, 1.82) is 0 Å². The van der Waals surface area contributed by atoms with Gasteiger partial charge in [0.25, 0.3) is 0 Å². The Bertz CT molecular complexity index is 1320. The highest BCUT2D eigenvalue weighted by atomic mass is 15.1. The lowest BCUT2D eigenvalue weighted by Gasteiger charge is -2.19. The van der Waals surface area contributed by atoms with Crippen LogP contribution in [0.3, 0.4) is 0 Å². The number of hydrogen-bond donors (Lipinski definition) is 0. The summed E-state index contributed by atoms with van der Waals surface area (Å²) in [5.41, 5.74) is 7.53. The van der Waals surface area contributed by atoms with Crippen LogP contribution in [0, 0.1) is 0 Å². The van der Waals surface area contributed by atoms with E-state index in [-0.39, 0.29) is 0 Å². The number of rotatable bonds is 6. The van der Waals surface area contributed by atoms with Crippen LogP contribution in [0.25, 0.3) is 27.5 Å². The first-order valence-electron chi connectivity index (χ1n) is 11.2. The molecule has 1 aromatic heterocycles. The average molecular weight is 405 g/mol. The van der Waals surface area contributed by atoms with Crippen LogP contribution >= 0.6 is 0 Å². The third kappa shape index (κ3) is 3.59. The van der Waals surface area contributed by atoms with Crippen LogP contribution in [0.1, 0.15) is 25.3 Å². The number of benzene rings is 4. The highest BCUT2D eigenvalue weighted by Gasteiger charge is 2.14. The SMILES string of the molecule is CCCCc1ccc2c(c1)c1cc(N(C)c3ccccc3)ccc1n2-c1ccccc1. The molecule has 0 fully saturated rings. The largest absolute Gasteiger partial charge is 0.345 e. The summed E-state index contributed by atoms with van der Waals surface area (Å²) in [5, 5.41) is 2.63. The van der Waals surface area contributed by atoms with Gasteiger partial charge in [-0.15, -0.1) is 0 Å². The van der Waals surface area contributed by atoms with E-state index in [2.05, 4.69) is 121 Å². The first-order valence-corrected chi connectivity index (χ1v) is 11.2. The summed E-state index contributed by atoms with van der Waals surface area (Å²) in [4.78, 5) is 2.26. The minimum atomic E-state index is 1.13. The molecule has 1 heterocycles. The van der Waals surface area contributed by atoms with E-state index in [1.807, 2.05) is 0 Å². The zero-order valence-electron chi connectivity index (χ0n) is 18.3. The third-order valence-electron chi connectivity index (χ3n) is 6.18. The van der Waals surface area contributed by atoms with Crippen LogP contribution in [0.2, 0.25) is 0 Å².